The molecule has 0 heterocycles. The Bertz CT molecular complexity index is 165. The molecule has 0 aromatic carbocycles. The molecule has 0 bridgehead atoms. The summed E-state index contributed by atoms with van der Waals surface area (Å²) in [5.74, 6) is 0.665. The molecule has 0 amide bonds. The average Bonchev–Trinajstić information content (AvgIpc) is 2.26. The highest BCUT2D eigenvalue weighted by molar-refractivity contribution is 5.00. The summed E-state index contributed by atoms with van der Waals surface area (Å²) in [4.78, 5) is 0. The molecule has 88 valence electrons. The van der Waals surface area contributed by atoms with E-state index in [4.69, 9.17) is 0 Å². The Morgan fingerprint density at radius 2 is 1.47 bits per heavy atom. The maximum Gasteiger partial charge on any atom is -0.00561 e. The first-order valence-electron chi connectivity index (χ1n) is 6.68. The zero-order chi connectivity index (χ0) is 11.4. The summed E-state index contributed by atoms with van der Waals surface area (Å²) >= 11 is 0. The van der Waals surface area contributed by atoms with E-state index in [0.717, 1.165) is 0 Å². The quantitative estimate of drug-likeness (QED) is 0.346. The minimum absolute atomic E-state index is 0.665. The van der Waals surface area contributed by atoms with E-state index >= 15 is 0 Å². The fourth-order valence-electron chi connectivity index (χ4n) is 1.56. The molecule has 0 aromatic heterocycles. The summed E-state index contributed by atoms with van der Waals surface area (Å²) in [5.41, 5.74) is 0. The molecule has 0 spiro atoms. The number of rotatable bonds is 9. The second-order valence-corrected chi connectivity index (χ2v) is 4.21. The van der Waals surface area contributed by atoms with Gasteiger partial charge in [-0.1, -0.05) is 64.3 Å². The predicted octanol–water partition coefficient (Wildman–Crippen LogP) is 5.51. The Labute approximate surface area is 96.5 Å². The van der Waals surface area contributed by atoms with Crippen molar-refractivity contribution < 1.29 is 0 Å². The van der Waals surface area contributed by atoms with Crippen molar-refractivity contribution in [2.24, 2.45) is 5.92 Å². The first-order chi connectivity index (χ1) is 7.35. The van der Waals surface area contributed by atoms with E-state index < -0.39 is 0 Å². The minimum Gasteiger partial charge on any atom is -0.0880 e. The van der Waals surface area contributed by atoms with Gasteiger partial charge in [-0.3, -0.25) is 0 Å². The van der Waals surface area contributed by atoms with E-state index in [1.807, 2.05) is 0 Å². The van der Waals surface area contributed by atoms with Crippen molar-refractivity contribution in [1.82, 2.24) is 0 Å². The molecular formula is C15H28. The van der Waals surface area contributed by atoms with Crippen LogP contribution in [0.2, 0.25) is 0 Å². The van der Waals surface area contributed by atoms with Gasteiger partial charge in [0.15, 0.2) is 0 Å². The van der Waals surface area contributed by atoms with Crippen molar-refractivity contribution in [2.45, 2.75) is 65.7 Å². The smallest absolute Gasteiger partial charge is 0.00561 e. The summed E-state index contributed by atoms with van der Waals surface area (Å²) in [6, 6.07) is 0. The van der Waals surface area contributed by atoms with Crippen LogP contribution in [0.3, 0.4) is 0 Å². The van der Waals surface area contributed by atoms with Crippen molar-refractivity contribution in [3.63, 3.8) is 0 Å². The van der Waals surface area contributed by atoms with Crippen LogP contribution in [0.5, 0.6) is 0 Å². The Morgan fingerprint density at radius 3 is 2.00 bits per heavy atom. The molecule has 0 aliphatic rings. The largest absolute Gasteiger partial charge is 0.0880 e. The third-order valence-electron chi connectivity index (χ3n) is 2.67. The molecule has 0 aliphatic carbocycles. The zero-order valence-electron chi connectivity index (χ0n) is 10.8. The van der Waals surface area contributed by atoms with Crippen molar-refractivity contribution in [2.75, 3.05) is 0 Å². The van der Waals surface area contributed by atoms with Crippen LogP contribution in [-0.4, -0.2) is 0 Å². The van der Waals surface area contributed by atoms with E-state index in [-0.39, 0.29) is 0 Å². The highest BCUT2D eigenvalue weighted by Crippen LogP contribution is 2.09. The summed E-state index contributed by atoms with van der Waals surface area (Å²) in [5, 5.41) is 0. The highest BCUT2D eigenvalue weighted by Gasteiger charge is 1.94. The third kappa shape index (κ3) is 9.78. The van der Waals surface area contributed by atoms with E-state index in [0.29, 0.717) is 5.92 Å². The summed E-state index contributed by atoms with van der Waals surface area (Å²) in [6.45, 7) is 6.75. The van der Waals surface area contributed by atoms with Crippen LogP contribution in [0.25, 0.3) is 0 Å². The van der Waals surface area contributed by atoms with Crippen LogP contribution >= 0.6 is 0 Å². The van der Waals surface area contributed by atoms with E-state index in [9.17, 15) is 0 Å². The van der Waals surface area contributed by atoms with Gasteiger partial charge >= 0.3 is 0 Å². The molecule has 0 saturated carbocycles. The zero-order valence-corrected chi connectivity index (χ0v) is 10.8. The lowest BCUT2D eigenvalue weighted by Gasteiger charge is -2.02. The molecule has 0 radical (unpaired) electrons. The lowest BCUT2D eigenvalue weighted by atomic mass is 10.0. The van der Waals surface area contributed by atoms with Gasteiger partial charge in [0.1, 0.15) is 0 Å². The summed E-state index contributed by atoms with van der Waals surface area (Å²) in [6.07, 6.45) is 18.4. The molecule has 1 atom stereocenters. The Balaban J connectivity index is 3.67. The topological polar surface area (TPSA) is 0 Å². The monoisotopic (exact) mass is 208 g/mol. The molecule has 0 N–H and O–H groups in total. The van der Waals surface area contributed by atoms with Crippen LogP contribution in [0.1, 0.15) is 65.7 Å². The van der Waals surface area contributed by atoms with Gasteiger partial charge in [0.2, 0.25) is 0 Å². The molecule has 0 nitrogen and oxygen atoms in total. The molecule has 0 saturated heterocycles. The van der Waals surface area contributed by atoms with Gasteiger partial charge in [-0.05, 0) is 31.6 Å². The standard InChI is InChI=1S/C15H28/c1-4-7-9-10-12-14-15(6-3)13-11-8-5-2/h11-15H,4-10H2,1-3H3. The molecule has 0 heteroatoms. The molecule has 1 unspecified atom stereocenters. The van der Waals surface area contributed by atoms with Crippen molar-refractivity contribution in [3.05, 3.63) is 24.3 Å². The summed E-state index contributed by atoms with van der Waals surface area (Å²) < 4.78 is 0. The Hall–Kier alpha value is -0.520. The third-order valence-corrected chi connectivity index (χ3v) is 2.67. The molecule has 0 aliphatic heterocycles. The predicted molar refractivity (Wildman–Crippen MR) is 71.1 cm³/mol. The lowest BCUT2D eigenvalue weighted by Crippen LogP contribution is -1.88. The Morgan fingerprint density at radius 1 is 0.800 bits per heavy atom. The van der Waals surface area contributed by atoms with Gasteiger partial charge in [-0.2, -0.15) is 0 Å². The maximum absolute atomic E-state index is 2.38. The van der Waals surface area contributed by atoms with Crippen LogP contribution in [0.4, 0.5) is 0 Å². The number of hydrogen-bond acceptors (Lipinski definition) is 0. The fraction of sp³-hybridized carbons (Fsp3) is 0.733. The molecule has 0 fully saturated rings. The molecule has 0 aromatic rings. The van der Waals surface area contributed by atoms with Crippen LogP contribution in [-0.2, 0) is 0 Å². The van der Waals surface area contributed by atoms with Gasteiger partial charge in [-0.15, -0.1) is 0 Å². The number of hydrogen-bond donors (Lipinski definition) is 0. The maximum atomic E-state index is 2.38. The normalized spacial score (nSPS) is 14.1. The van der Waals surface area contributed by atoms with E-state index in [1.165, 1.54) is 44.9 Å². The second kappa shape index (κ2) is 11.6. The molecule has 15 heavy (non-hydrogen) atoms. The van der Waals surface area contributed by atoms with Crippen molar-refractivity contribution >= 4 is 0 Å². The van der Waals surface area contributed by atoms with E-state index in [1.54, 1.807) is 0 Å². The minimum atomic E-state index is 0.665. The fourth-order valence-corrected chi connectivity index (χ4v) is 1.56. The SMILES string of the molecule is CCCC=CC(C=CCCCCC)CC. The molecular weight excluding hydrogens is 180 g/mol. The van der Waals surface area contributed by atoms with Gasteiger partial charge in [0.05, 0.1) is 0 Å². The van der Waals surface area contributed by atoms with Crippen LogP contribution in [0.15, 0.2) is 24.3 Å². The highest BCUT2D eigenvalue weighted by atomic mass is 14.0. The van der Waals surface area contributed by atoms with Crippen LogP contribution in [0, 0.1) is 5.92 Å². The van der Waals surface area contributed by atoms with E-state index in [2.05, 4.69) is 45.1 Å². The van der Waals surface area contributed by atoms with Gasteiger partial charge in [0, 0.05) is 0 Å². The van der Waals surface area contributed by atoms with Crippen molar-refractivity contribution in [3.8, 4) is 0 Å². The average molecular weight is 208 g/mol. The lowest BCUT2D eigenvalue weighted by molar-refractivity contribution is 0.718. The summed E-state index contributed by atoms with van der Waals surface area (Å²) in [7, 11) is 0. The van der Waals surface area contributed by atoms with Gasteiger partial charge in [-0.25, -0.2) is 0 Å². The van der Waals surface area contributed by atoms with Crippen molar-refractivity contribution in [1.29, 1.82) is 0 Å². The first kappa shape index (κ1) is 14.5. The van der Waals surface area contributed by atoms with Gasteiger partial charge in [0.25, 0.3) is 0 Å². The second-order valence-electron chi connectivity index (χ2n) is 4.21. The van der Waals surface area contributed by atoms with Crippen LogP contribution < -0.4 is 0 Å². The number of allylic oxidation sites excluding steroid dienone is 4. The van der Waals surface area contributed by atoms with Gasteiger partial charge < -0.3 is 0 Å². The first-order valence-corrected chi connectivity index (χ1v) is 6.68. The number of unbranched alkanes of at least 4 members (excludes halogenated alkanes) is 4. The molecule has 0 rings (SSSR count). The Kier molecular flexibility index (Phi) is 11.2.